The fourth-order valence-corrected chi connectivity index (χ4v) is 3.44. The van der Waals surface area contributed by atoms with Gasteiger partial charge in [0.25, 0.3) is 0 Å². The predicted octanol–water partition coefficient (Wildman–Crippen LogP) is 4.09. The van der Waals surface area contributed by atoms with Gasteiger partial charge in [0.1, 0.15) is 20.4 Å². The average Bonchev–Trinajstić information content (AvgIpc) is 2.64. The first kappa shape index (κ1) is 13.4. The van der Waals surface area contributed by atoms with Gasteiger partial charge in [0.05, 0.1) is 7.11 Å². The molecule has 0 aliphatic rings. The molecule has 2 aromatic rings. The van der Waals surface area contributed by atoms with Gasteiger partial charge in [-0.15, -0.1) is 11.3 Å². The van der Waals surface area contributed by atoms with Gasteiger partial charge in [-0.1, -0.05) is 0 Å². The molecule has 0 amide bonds. The molecule has 0 saturated heterocycles. The van der Waals surface area contributed by atoms with Gasteiger partial charge >= 0.3 is 0 Å². The Morgan fingerprint density at radius 3 is 2.44 bits per heavy atom. The minimum atomic E-state index is 0.544. The van der Waals surface area contributed by atoms with Crippen molar-refractivity contribution in [2.75, 3.05) is 12.8 Å². The number of nitrogens with zero attached hydrogens (tertiary/aromatic N) is 1. The van der Waals surface area contributed by atoms with Crippen LogP contribution in [0.25, 0.3) is 10.6 Å². The first-order chi connectivity index (χ1) is 8.45. The van der Waals surface area contributed by atoms with Gasteiger partial charge in [-0.05, 0) is 59.5 Å². The topological polar surface area (TPSA) is 48.1 Å². The maximum atomic E-state index is 5.80. The maximum Gasteiger partial charge on any atom is 0.149 e. The van der Waals surface area contributed by atoms with E-state index in [1.54, 1.807) is 18.4 Å². The van der Waals surface area contributed by atoms with E-state index in [9.17, 15) is 0 Å². The second-order valence-corrected chi connectivity index (χ2v) is 6.52. The molecule has 1 aromatic carbocycles. The van der Waals surface area contributed by atoms with E-state index in [1.165, 1.54) is 5.56 Å². The summed E-state index contributed by atoms with van der Waals surface area (Å²) in [6.07, 6.45) is 0. The highest BCUT2D eigenvalue weighted by Crippen LogP contribution is 2.39. The third kappa shape index (κ3) is 2.12. The fourth-order valence-electron chi connectivity index (χ4n) is 2.01. The van der Waals surface area contributed by atoms with Crippen LogP contribution in [0.5, 0.6) is 5.75 Å². The Morgan fingerprint density at radius 1 is 1.28 bits per heavy atom. The molecule has 0 fully saturated rings. The first-order valence-corrected chi connectivity index (χ1v) is 7.13. The molecule has 96 valence electrons. The number of hydrogen-bond donors (Lipinski definition) is 1. The highest BCUT2D eigenvalue weighted by Gasteiger charge is 2.16. The number of ether oxygens (including phenoxy) is 1. The number of rotatable bonds is 2. The lowest BCUT2D eigenvalue weighted by molar-refractivity contribution is 0.411. The molecule has 2 rings (SSSR count). The summed E-state index contributed by atoms with van der Waals surface area (Å²) in [5.41, 5.74) is 10.4. The normalized spacial score (nSPS) is 10.7. The zero-order valence-electron chi connectivity index (χ0n) is 10.8. The van der Waals surface area contributed by atoms with Gasteiger partial charge in [0, 0.05) is 5.56 Å². The molecule has 0 unspecified atom stereocenters. The number of benzene rings is 1. The van der Waals surface area contributed by atoms with Crippen LogP contribution < -0.4 is 10.5 Å². The average molecular weight is 327 g/mol. The van der Waals surface area contributed by atoms with Gasteiger partial charge in [-0.3, -0.25) is 0 Å². The summed E-state index contributed by atoms with van der Waals surface area (Å²) in [5.74, 6) is 1.46. The Labute approximate surface area is 119 Å². The minimum Gasteiger partial charge on any atom is -0.496 e. The second kappa shape index (κ2) is 4.90. The van der Waals surface area contributed by atoms with Crippen LogP contribution in [-0.2, 0) is 0 Å². The highest BCUT2D eigenvalue weighted by atomic mass is 79.9. The van der Waals surface area contributed by atoms with E-state index in [0.717, 1.165) is 31.2 Å². The number of methoxy groups -OCH3 is 1. The van der Waals surface area contributed by atoms with Crippen molar-refractivity contribution in [3.05, 3.63) is 26.5 Å². The number of nitrogens with two attached hydrogens (primary N) is 1. The molecular weight excluding hydrogens is 312 g/mol. The molecular formula is C13H15BrN2OS. The molecule has 2 N–H and O–H groups in total. The lowest BCUT2D eigenvalue weighted by Gasteiger charge is -2.14. The molecule has 0 aliphatic heterocycles. The smallest absolute Gasteiger partial charge is 0.149 e. The molecule has 0 spiro atoms. The van der Waals surface area contributed by atoms with Gasteiger partial charge in [-0.25, -0.2) is 4.98 Å². The summed E-state index contributed by atoms with van der Waals surface area (Å²) in [4.78, 5) is 4.41. The zero-order valence-corrected chi connectivity index (χ0v) is 13.2. The lowest BCUT2D eigenvalue weighted by atomic mass is 9.98. The zero-order chi connectivity index (χ0) is 13.4. The minimum absolute atomic E-state index is 0.544. The molecule has 0 atom stereocenters. The number of aryl methyl sites for hydroxylation is 1. The van der Waals surface area contributed by atoms with E-state index in [1.807, 2.05) is 6.07 Å². The maximum absolute atomic E-state index is 5.80. The van der Waals surface area contributed by atoms with E-state index in [-0.39, 0.29) is 0 Å². The SMILES string of the molecule is COc1cc(C)c(-c2nc(N)c(Br)s2)c(C)c1C. The first-order valence-electron chi connectivity index (χ1n) is 5.52. The van der Waals surface area contributed by atoms with Crippen LogP contribution in [0.2, 0.25) is 0 Å². The molecule has 1 aromatic heterocycles. The van der Waals surface area contributed by atoms with E-state index in [2.05, 4.69) is 41.7 Å². The number of anilines is 1. The Kier molecular flexibility index (Phi) is 3.64. The van der Waals surface area contributed by atoms with Crippen molar-refractivity contribution < 1.29 is 4.74 Å². The summed E-state index contributed by atoms with van der Waals surface area (Å²) in [6, 6.07) is 2.04. The number of nitrogen functional groups attached to an aromatic ring is 1. The Balaban J connectivity index is 2.68. The van der Waals surface area contributed by atoms with E-state index in [4.69, 9.17) is 10.5 Å². The summed E-state index contributed by atoms with van der Waals surface area (Å²) in [6.45, 7) is 6.21. The van der Waals surface area contributed by atoms with Gasteiger partial charge in [0.15, 0.2) is 0 Å². The van der Waals surface area contributed by atoms with Crippen LogP contribution in [-0.4, -0.2) is 12.1 Å². The highest BCUT2D eigenvalue weighted by molar-refractivity contribution is 9.11. The van der Waals surface area contributed by atoms with Crippen molar-refractivity contribution in [2.24, 2.45) is 0 Å². The Bertz CT molecular complexity index is 588. The number of aromatic nitrogens is 1. The molecule has 1 heterocycles. The van der Waals surface area contributed by atoms with Crippen molar-refractivity contribution in [1.82, 2.24) is 4.98 Å². The lowest BCUT2D eigenvalue weighted by Crippen LogP contribution is -1.96. The van der Waals surface area contributed by atoms with Crippen LogP contribution >= 0.6 is 27.3 Å². The molecule has 0 radical (unpaired) electrons. The third-order valence-corrected chi connectivity index (χ3v) is 4.86. The second-order valence-electron chi connectivity index (χ2n) is 4.20. The summed E-state index contributed by atoms with van der Waals surface area (Å²) >= 11 is 4.97. The quantitative estimate of drug-likeness (QED) is 0.904. The van der Waals surface area contributed by atoms with Crippen LogP contribution in [0.3, 0.4) is 0 Å². The van der Waals surface area contributed by atoms with E-state index in [0.29, 0.717) is 5.82 Å². The predicted molar refractivity (Wildman–Crippen MR) is 80.4 cm³/mol. The summed E-state index contributed by atoms with van der Waals surface area (Å²) in [5, 5.41) is 0.945. The van der Waals surface area contributed by atoms with Gasteiger partial charge in [0.2, 0.25) is 0 Å². The molecule has 0 bridgehead atoms. The largest absolute Gasteiger partial charge is 0.496 e. The molecule has 0 saturated carbocycles. The van der Waals surface area contributed by atoms with E-state index < -0.39 is 0 Å². The standard InChI is InChI=1S/C13H15BrN2OS/c1-6-5-9(17-4)7(2)8(3)10(6)13-16-12(15)11(14)18-13/h5H,15H2,1-4H3. The summed E-state index contributed by atoms with van der Waals surface area (Å²) < 4.78 is 6.25. The van der Waals surface area contributed by atoms with Crippen molar-refractivity contribution in [1.29, 1.82) is 0 Å². The summed E-state index contributed by atoms with van der Waals surface area (Å²) in [7, 11) is 1.69. The Morgan fingerprint density at radius 2 is 1.94 bits per heavy atom. The van der Waals surface area contributed by atoms with Crippen molar-refractivity contribution in [2.45, 2.75) is 20.8 Å². The number of thiazole rings is 1. The number of halogens is 1. The monoisotopic (exact) mass is 326 g/mol. The van der Waals surface area contributed by atoms with Crippen LogP contribution in [0.15, 0.2) is 9.85 Å². The molecule has 3 nitrogen and oxygen atoms in total. The van der Waals surface area contributed by atoms with Crippen LogP contribution in [0, 0.1) is 20.8 Å². The Hall–Kier alpha value is -1.07. The molecule has 0 aliphatic carbocycles. The van der Waals surface area contributed by atoms with E-state index >= 15 is 0 Å². The van der Waals surface area contributed by atoms with Crippen molar-refractivity contribution in [3.8, 4) is 16.3 Å². The van der Waals surface area contributed by atoms with Crippen molar-refractivity contribution in [3.63, 3.8) is 0 Å². The molecule has 18 heavy (non-hydrogen) atoms. The third-order valence-electron chi connectivity index (χ3n) is 3.09. The van der Waals surface area contributed by atoms with Crippen LogP contribution in [0.1, 0.15) is 16.7 Å². The van der Waals surface area contributed by atoms with Gasteiger partial charge in [-0.2, -0.15) is 0 Å². The van der Waals surface area contributed by atoms with Crippen LogP contribution in [0.4, 0.5) is 5.82 Å². The van der Waals surface area contributed by atoms with Gasteiger partial charge < -0.3 is 10.5 Å². The van der Waals surface area contributed by atoms with Crippen molar-refractivity contribution >= 4 is 33.1 Å². The molecule has 5 heteroatoms. The fraction of sp³-hybridized carbons (Fsp3) is 0.308. The number of hydrogen-bond acceptors (Lipinski definition) is 4.